The van der Waals surface area contributed by atoms with E-state index in [9.17, 15) is 0 Å². The van der Waals surface area contributed by atoms with Gasteiger partial charge < -0.3 is 4.74 Å². The van der Waals surface area contributed by atoms with Gasteiger partial charge in [-0.25, -0.2) is 4.57 Å². The molecule has 0 saturated heterocycles. The van der Waals surface area contributed by atoms with Crippen molar-refractivity contribution in [3.8, 4) is 22.4 Å². The van der Waals surface area contributed by atoms with Gasteiger partial charge in [0.2, 0.25) is 5.69 Å². The van der Waals surface area contributed by atoms with Gasteiger partial charge >= 0.3 is 0 Å². The Labute approximate surface area is 157 Å². The van der Waals surface area contributed by atoms with Crippen LogP contribution in [-0.4, -0.2) is 7.11 Å². The normalized spacial score (nSPS) is 12.2. The highest BCUT2D eigenvalue weighted by Gasteiger charge is 2.18. The maximum atomic E-state index is 5.59. The molecule has 2 nitrogen and oxygen atoms in total. The Balaban J connectivity index is 2.13. The average Bonchev–Trinajstić information content (AvgIpc) is 2.68. The van der Waals surface area contributed by atoms with Gasteiger partial charge in [-0.05, 0) is 54.2 Å². The molecule has 0 spiro atoms. The van der Waals surface area contributed by atoms with Crippen LogP contribution >= 0.6 is 0 Å². The second-order valence-electron chi connectivity index (χ2n) is 6.88. The van der Waals surface area contributed by atoms with Crippen LogP contribution in [0.5, 0.6) is 0 Å². The molecule has 0 fully saturated rings. The summed E-state index contributed by atoms with van der Waals surface area (Å²) in [4.78, 5) is 0. The second kappa shape index (κ2) is 7.84. The van der Waals surface area contributed by atoms with E-state index in [-0.39, 0.29) is 6.10 Å². The van der Waals surface area contributed by atoms with E-state index in [1.54, 1.807) is 7.11 Å². The summed E-state index contributed by atoms with van der Waals surface area (Å²) in [5, 5.41) is 0. The molecule has 0 bridgehead atoms. The number of rotatable bonds is 5. The van der Waals surface area contributed by atoms with E-state index < -0.39 is 0 Å². The SMILES string of the molecule is CCc1ccc(-c2cc[n+](C)c(-c3ccccc3[C@H](C)OC)c2)c(C)c1. The molecule has 0 saturated carbocycles. The van der Waals surface area contributed by atoms with Gasteiger partial charge in [-0.2, -0.15) is 0 Å². The van der Waals surface area contributed by atoms with Gasteiger partial charge in [-0.1, -0.05) is 43.3 Å². The van der Waals surface area contributed by atoms with Gasteiger partial charge in [0.15, 0.2) is 6.20 Å². The Morgan fingerprint density at radius 1 is 1.00 bits per heavy atom. The number of nitrogens with zero attached hydrogens (tertiary/aromatic N) is 1. The summed E-state index contributed by atoms with van der Waals surface area (Å²) in [6.45, 7) is 6.49. The maximum Gasteiger partial charge on any atom is 0.213 e. The molecule has 2 aromatic carbocycles. The molecule has 0 aliphatic carbocycles. The van der Waals surface area contributed by atoms with Crippen LogP contribution in [0.25, 0.3) is 22.4 Å². The molecular formula is C24H28NO+. The Morgan fingerprint density at radius 2 is 1.77 bits per heavy atom. The van der Waals surface area contributed by atoms with Crippen LogP contribution in [0.4, 0.5) is 0 Å². The summed E-state index contributed by atoms with van der Waals surface area (Å²) >= 11 is 0. The number of pyridine rings is 1. The Morgan fingerprint density at radius 3 is 2.46 bits per heavy atom. The minimum atomic E-state index is 0.0560. The molecule has 1 aromatic heterocycles. The minimum Gasteiger partial charge on any atom is -0.377 e. The van der Waals surface area contributed by atoms with Crippen LogP contribution in [0.15, 0.2) is 60.8 Å². The highest BCUT2D eigenvalue weighted by molar-refractivity contribution is 5.72. The molecule has 26 heavy (non-hydrogen) atoms. The van der Waals surface area contributed by atoms with E-state index in [1.807, 2.05) is 0 Å². The minimum absolute atomic E-state index is 0.0560. The first-order valence-corrected chi connectivity index (χ1v) is 9.26. The maximum absolute atomic E-state index is 5.59. The smallest absolute Gasteiger partial charge is 0.213 e. The number of hydrogen-bond donors (Lipinski definition) is 0. The van der Waals surface area contributed by atoms with Crippen LogP contribution in [0.2, 0.25) is 0 Å². The van der Waals surface area contributed by atoms with Crippen molar-refractivity contribution in [1.29, 1.82) is 0 Å². The van der Waals surface area contributed by atoms with Crippen LogP contribution in [0.3, 0.4) is 0 Å². The van der Waals surface area contributed by atoms with Gasteiger partial charge in [0.05, 0.1) is 11.7 Å². The number of aromatic nitrogens is 1. The van der Waals surface area contributed by atoms with Crippen LogP contribution in [0.1, 0.15) is 36.6 Å². The van der Waals surface area contributed by atoms with Crippen LogP contribution in [-0.2, 0) is 18.2 Å². The van der Waals surface area contributed by atoms with Gasteiger partial charge in [0, 0.05) is 19.2 Å². The Hall–Kier alpha value is -2.45. The number of benzene rings is 2. The molecule has 134 valence electrons. The van der Waals surface area contributed by atoms with E-state index in [0.29, 0.717) is 0 Å². The largest absolute Gasteiger partial charge is 0.377 e. The molecule has 0 aliphatic heterocycles. The van der Waals surface area contributed by atoms with Crippen molar-refractivity contribution < 1.29 is 9.30 Å². The summed E-state index contributed by atoms with van der Waals surface area (Å²) in [5.74, 6) is 0. The average molecular weight is 346 g/mol. The highest BCUT2D eigenvalue weighted by atomic mass is 16.5. The molecule has 0 aliphatic rings. The van der Waals surface area contributed by atoms with E-state index in [0.717, 1.165) is 6.42 Å². The third-order valence-electron chi connectivity index (χ3n) is 5.19. The van der Waals surface area contributed by atoms with Gasteiger partial charge in [0.1, 0.15) is 7.05 Å². The number of hydrogen-bond acceptors (Lipinski definition) is 1. The molecule has 1 atom stereocenters. The number of aryl methyl sites for hydroxylation is 3. The fraction of sp³-hybridized carbons (Fsp3) is 0.292. The lowest BCUT2D eigenvalue weighted by Gasteiger charge is -2.15. The Bertz CT molecular complexity index is 914. The van der Waals surface area contributed by atoms with Gasteiger partial charge in [-0.15, -0.1) is 0 Å². The fourth-order valence-electron chi connectivity index (χ4n) is 3.49. The molecule has 3 rings (SSSR count). The predicted octanol–water partition coefficient (Wildman–Crippen LogP) is 5.42. The molecule has 1 heterocycles. The zero-order chi connectivity index (χ0) is 18.7. The van der Waals surface area contributed by atoms with Crippen molar-refractivity contribution in [2.45, 2.75) is 33.3 Å². The molecule has 0 N–H and O–H groups in total. The lowest BCUT2D eigenvalue weighted by molar-refractivity contribution is -0.660. The van der Waals surface area contributed by atoms with E-state index >= 15 is 0 Å². The van der Waals surface area contributed by atoms with Crippen molar-refractivity contribution in [1.82, 2.24) is 0 Å². The topological polar surface area (TPSA) is 13.1 Å². The van der Waals surface area contributed by atoms with E-state index in [4.69, 9.17) is 4.74 Å². The first-order chi connectivity index (χ1) is 12.5. The van der Waals surface area contributed by atoms with Crippen molar-refractivity contribution in [2.75, 3.05) is 7.11 Å². The molecule has 0 unspecified atom stereocenters. The Kier molecular flexibility index (Phi) is 5.53. The summed E-state index contributed by atoms with van der Waals surface area (Å²) in [5.41, 5.74) is 8.87. The van der Waals surface area contributed by atoms with Crippen molar-refractivity contribution in [3.05, 3.63) is 77.5 Å². The third kappa shape index (κ3) is 3.56. The predicted molar refractivity (Wildman–Crippen MR) is 108 cm³/mol. The van der Waals surface area contributed by atoms with E-state index in [1.165, 1.54) is 39.1 Å². The summed E-state index contributed by atoms with van der Waals surface area (Å²) in [7, 11) is 3.86. The van der Waals surface area contributed by atoms with Crippen molar-refractivity contribution >= 4 is 0 Å². The molecule has 3 aromatic rings. The zero-order valence-electron chi connectivity index (χ0n) is 16.4. The van der Waals surface area contributed by atoms with Crippen molar-refractivity contribution in [3.63, 3.8) is 0 Å². The second-order valence-corrected chi connectivity index (χ2v) is 6.88. The van der Waals surface area contributed by atoms with Crippen molar-refractivity contribution in [2.24, 2.45) is 7.05 Å². The third-order valence-corrected chi connectivity index (χ3v) is 5.19. The number of ether oxygens (including phenoxy) is 1. The lowest BCUT2D eigenvalue weighted by atomic mass is 9.95. The lowest BCUT2D eigenvalue weighted by Crippen LogP contribution is -2.30. The first kappa shape index (κ1) is 18.3. The quantitative estimate of drug-likeness (QED) is 0.562. The van der Waals surface area contributed by atoms with Gasteiger partial charge in [-0.3, -0.25) is 0 Å². The first-order valence-electron chi connectivity index (χ1n) is 9.26. The van der Waals surface area contributed by atoms with Crippen LogP contribution in [0, 0.1) is 6.92 Å². The molecule has 0 amide bonds. The monoisotopic (exact) mass is 346 g/mol. The highest BCUT2D eigenvalue weighted by Crippen LogP contribution is 2.31. The summed E-state index contributed by atoms with van der Waals surface area (Å²) in [6.07, 6.45) is 3.27. The standard InChI is InChI=1S/C24H28NO/c1-6-19-11-12-21(17(2)15-19)20-13-14-25(4)24(16-20)23-10-8-7-9-22(23)18(3)26-5/h7-16,18H,6H2,1-5H3/q+1/t18-/m0/s1. The molecule has 0 radical (unpaired) electrons. The summed E-state index contributed by atoms with van der Waals surface area (Å²) < 4.78 is 7.77. The van der Waals surface area contributed by atoms with Gasteiger partial charge in [0.25, 0.3) is 0 Å². The molecule has 2 heteroatoms. The number of methoxy groups -OCH3 is 1. The zero-order valence-corrected chi connectivity index (χ0v) is 16.4. The van der Waals surface area contributed by atoms with E-state index in [2.05, 4.69) is 93.2 Å². The fourth-order valence-corrected chi connectivity index (χ4v) is 3.49. The van der Waals surface area contributed by atoms with Crippen LogP contribution < -0.4 is 4.57 Å². The molecular weight excluding hydrogens is 318 g/mol. The summed E-state index contributed by atoms with van der Waals surface area (Å²) in [6, 6.07) is 19.8.